The molecule has 0 saturated carbocycles. The third-order valence-electron chi connectivity index (χ3n) is 6.68. The Morgan fingerprint density at radius 2 is 2.24 bits per heavy atom. The fourth-order valence-corrected chi connectivity index (χ4v) is 5.58. The van der Waals surface area contributed by atoms with Crippen molar-refractivity contribution in [2.24, 2.45) is 11.8 Å². The number of hydrogen-bond donors (Lipinski definition) is 3. The van der Waals surface area contributed by atoms with Crippen LogP contribution in [0.5, 0.6) is 5.75 Å². The highest BCUT2D eigenvalue weighted by Crippen LogP contribution is 2.55. The first-order valence-electron chi connectivity index (χ1n) is 9.08. The minimum atomic E-state index is -0.532. The Bertz CT molecular complexity index is 871. The number of aliphatic hydroxyl groups excluding tert-OH is 2. The molecule has 5 heteroatoms. The molecule has 1 aromatic heterocycles. The van der Waals surface area contributed by atoms with Crippen LogP contribution in [0.25, 0.3) is 10.9 Å². The third kappa shape index (κ3) is 1.89. The number of nitrogens with zero attached hydrogens (tertiary/aromatic N) is 1. The van der Waals surface area contributed by atoms with E-state index in [1.54, 1.807) is 7.11 Å². The van der Waals surface area contributed by atoms with Crippen molar-refractivity contribution < 1.29 is 14.9 Å². The summed E-state index contributed by atoms with van der Waals surface area (Å²) in [6, 6.07) is 6.53. The number of benzene rings is 1. The highest BCUT2D eigenvalue weighted by molar-refractivity contribution is 5.86. The predicted octanol–water partition coefficient (Wildman–Crippen LogP) is 2.35. The number of aromatic amines is 1. The summed E-state index contributed by atoms with van der Waals surface area (Å²) in [5, 5.41) is 22.2. The molecule has 3 N–H and O–H groups in total. The Kier molecular flexibility index (Phi) is 3.29. The molecule has 6 unspecified atom stereocenters. The second-order valence-electron chi connectivity index (χ2n) is 7.51. The summed E-state index contributed by atoms with van der Waals surface area (Å²) in [6.07, 6.45) is 3.32. The van der Waals surface area contributed by atoms with Crippen molar-refractivity contribution in [3.8, 4) is 5.75 Å². The second kappa shape index (κ2) is 5.34. The number of aromatic nitrogens is 1. The van der Waals surface area contributed by atoms with Gasteiger partial charge < -0.3 is 19.9 Å². The van der Waals surface area contributed by atoms with E-state index in [2.05, 4.69) is 22.0 Å². The molecular weight excluding hydrogens is 316 g/mol. The van der Waals surface area contributed by atoms with E-state index in [-0.39, 0.29) is 30.5 Å². The van der Waals surface area contributed by atoms with Crippen LogP contribution in [0.2, 0.25) is 0 Å². The van der Waals surface area contributed by atoms with E-state index in [1.165, 1.54) is 16.6 Å². The molecule has 2 aromatic rings. The number of ether oxygens (including phenoxy) is 1. The van der Waals surface area contributed by atoms with E-state index in [9.17, 15) is 10.2 Å². The van der Waals surface area contributed by atoms with Gasteiger partial charge in [0.15, 0.2) is 0 Å². The molecule has 5 nitrogen and oxygen atoms in total. The fourth-order valence-electron chi connectivity index (χ4n) is 5.58. The van der Waals surface area contributed by atoms with Gasteiger partial charge in [-0.15, -0.1) is 0 Å². The first-order valence-corrected chi connectivity index (χ1v) is 9.08. The number of hydrogen-bond acceptors (Lipinski definition) is 4. The molecular formula is C20H24N2O3. The van der Waals surface area contributed by atoms with Crippen LogP contribution in [-0.4, -0.2) is 46.1 Å². The summed E-state index contributed by atoms with van der Waals surface area (Å²) in [5.74, 6) is 1.32. The van der Waals surface area contributed by atoms with Crippen molar-refractivity contribution >= 4 is 10.9 Å². The Labute approximate surface area is 146 Å². The number of H-pyrrole nitrogens is 1. The molecule has 132 valence electrons. The van der Waals surface area contributed by atoms with Crippen LogP contribution in [-0.2, 0) is 6.42 Å². The summed E-state index contributed by atoms with van der Waals surface area (Å²) >= 11 is 0. The molecule has 0 radical (unpaired) electrons. The Balaban J connectivity index is 1.68. The SMILES string of the molecule is CC=C1C2CC3c4[nH]c5ccc(OC)cc5c4CC(C2CO)N3C1O. The van der Waals surface area contributed by atoms with Crippen LogP contribution in [0.3, 0.4) is 0 Å². The summed E-state index contributed by atoms with van der Waals surface area (Å²) in [4.78, 5) is 5.83. The van der Waals surface area contributed by atoms with Gasteiger partial charge in [0.05, 0.1) is 13.2 Å². The first-order chi connectivity index (χ1) is 12.2. The summed E-state index contributed by atoms with van der Waals surface area (Å²) in [7, 11) is 1.69. The molecule has 4 aliphatic rings. The third-order valence-corrected chi connectivity index (χ3v) is 6.68. The van der Waals surface area contributed by atoms with Crippen molar-refractivity contribution in [3.63, 3.8) is 0 Å². The van der Waals surface area contributed by atoms with Gasteiger partial charge in [-0.1, -0.05) is 6.08 Å². The lowest BCUT2D eigenvalue weighted by atomic mass is 9.63. The quantitative estimate of drug-likeness (QED) is 0.734. The molecule has 5 heterocycles. The fraction of sp³-hybridized carbons (Fsp3) is 0.500. The van der Waals surface area contributed by atoms with E-state index in [0.717, 1.165) is 29.7 Å². The van der Waals surface area contributed by atoms with Gasteiger partial charge >= 0.3 is 0 Å². The van der Waals surface area contributed by atoms with Gasteiger partial charge in [-0.3, -0.25) is 4.90 Å². The van der Waals surface area contributed by atoms with Crippen molar-refractivity contribution in [1.82, 2.24) is 9.88 Å². The maximum Gasteiger partial charge on any atom is 0.130 e. The maximum absolute atomic E-state index is 10.9. The molecule has 0 spiro atoms. The number of aliphatic hydroxyl groups is 2. The Hall–Kier alpha value is -1.82. The highest BCUT2D eigenvalue weighted by Gasteiger charge is 2.56. The molecule has 4 aliphatic heterocycles. The number of nitrogens with one attached hydrogen (secondary N) is 1. The number of methoxy groups -OCH3 is 1. The number of fused-ring (bicyclic) bond motifs is 4. The average molecular weight is 340 g/mol. The molecule has 3 saturated heterocycles. The van der Waals surface area contributed by atoms with Gasteiger partial charge in [0, 0.05) is 35.2 Å². The van der Waals surface area contributed by atoms with Crippen molar-refractivity contribution in [2.45, 2.75) is 38.1 Å². The number of piperidine rings is 3. The summed E-state index contributed by atoms with van der Waals surface area (Å²) < 4.78 is 5.40. The predicted molar refractivity (Wildman–Crippen MR) is 95.4 cm³/mol. The van der Waals surface area contributed by atoms with E-state index in [4.69, 9.17) is 4.74 Å². The molecule has 4 bridgehead atoms. The number of allylic oxidation sites excluding steroid dienone is 1. The lowest BCUT2D eigenvalue weighted by Crippen LogP contribution is -2.64. The van der Waals surface area contributed by atoms with E-state index in [1.807, 2.05) is 19.1 Å². The second-order valence-corrected chi connectivity index (χ2v) is 7.51. The zero-order valence-corrected chi connectivity index (χ0v) is 14.6. The summed E-state index contributed by atoms with van der Waals surface area (Å²) in [5.41, 5.74) is 4.76. The van der Waals surface area contributed by atoms with Gasteiger partial charge in [-0.2, -0.15) is 0 Å². The van der Waals surface area contributed by atoms with E-state index >= 15 is 0 Å². The zero-order valence-electron chi connectivity index (χ0n) is 14.6. The molecule has 3 fully saturated rings. The molecule has 6 rings (SSSR count). The van der Waals surface area contributed by atoms with Gasteiger partial charge in [0.1, 0.15) is 12.0 Å². The van der Waals surface area contributed by atoms with Crippen LogP contribution < -0.4 is 4.74 Å². The van der Waals surface area contributed by atoms with E-state index in [0.29, 0.717) is 0 Å². The number of rotatable bonds is 2. The molecule has 1 aromatic carbocycles. The summed E-state index contributed by atoms with van der Waals surface area (Å²) in [6.45, 7) is 2.16. The zero-order chi connectivity index (χ0) is 17.3. The van der Waals surface area contributed by atoms with Crippen molar-refractivity contribution in [2.75, 3.05) is 13.7 Å². The molecule has 0 amide bonds. The average Bonchev–Trinajstić information content (AvgIpc) is 2.99. The standard InChI is InChI=1S/C20H24N2O3/c1-3-11-12-7-18-19-14(8-17(15(12)9-23)22(18)20(11)24)13-6-10(25-2)4-5-16(13)21-19/h3-6,12,15,17-18,20-21,23-24H,7-9H2,1-2H3. The maximum atomic E-state index is 10.9. The lowest BCUT2D eigenvalue weighted by molar-refractivity contribution is -0.146. The van der Waals surface area contributed by atoms with Crippen LogP contribution in [0.4, 0.5) is 0 Å². The van der Waals surface area contributed by atoms with Crippen molar-refractivity contribution in [3.05, 3.63) is 41.1 Å². The van der Waals surface area contributed by atoms with E-state index < -0.39 is 6.23 Å². The minimum Gasteiger partial charge on any atom is -0.497 e. The molecule has 25 heavy (non-hydrogen) atoms. The first kappa shape index (κ1) is 15.4. The normalized spacial score (nSPS) is 37.5. The Morgan fingerprint density at radius 1 is 1.40 bits per heavy atom. The van der Waals surface area contributed by atoms with Gasteiger partial charge in [0.2, 0.25) is 0 Å². The molecule has 6 atom stereocenters. The lowest BCUT2D eigenvalue weighted by Gasteiger charge is -2.60. The Morgan fingerprint density at radius 3 is 2.96 bits per heavy atom. The van der Waals surface area contributed by atoms with Gasteiger partial charge in [-0.25, -0.2) is 0 Å². The van der Waals surface area contributed by atoms with Gasteiger partial charge in [-0.05, 0) is 55.0 Å². The highest BCUT2D eigenvalue weighted by atomic mass is 16.5. The minimum absolute atomic E-state index is 0.170. The largest absolute Gasteiger partial charge is 0.497 e. The van der Waals surface area contributed by atoms with Crippen LogP contribution in [0, 0.1) is 11.8 Å². The van der Waals surface area contributed by atoms with Crippen LogP contribution in [0.1, 0.15) is 30.6 Å². The monoisotopic (exact) mass is 340 g/mol. The smallest absolute Gasteiger partial charge is 0.130 e. The van der Waals surface area contributed by atoms with Gasteiger partial charge in [0.25, 0.3) is 0 Å². The topological polar surface area (TPSA) is 68.7 Å². The van der Waals surface area contributed by atoms with Crippen LogP contribution >= 0.6 is 0 Å². The molecule has 0 aliphatic carbocycles. The van der Waals surface area contributed by atoms with Crippen molar-refractivity contribution in [1.29, 1.82) is 0 Å². The van der Waals surface area contributed by atoms with Crippen LogP contribution in [0.15, 0.2) is 29.8 Å².